The predicted molar refractivity (Wildman–Crippen MR) is 112 cm³/mol. The molecule has 4 heterocycles. The molecule has 0 saturated heterocycles. The maximum atomic E-state index is 6.50. The van der Waals surface area contributed by atoms with Gasteiger partial charge < -0.3 is 5.73 Å². The topological polar surface area (TPSA) is 77.6 Å². The molecule has 0 unspecified atom stereocenters. The van der Waals surface area contributed by atoms with E-state index >= 15 is 0 Å². The molecule has 5 nitrogen and oxygen atoms in total. The second kappa shape index (κ2) is 7.69. The van der Waals surface area contributed by atoms with Crippen LogP contribution < -0.4 is 5.73 Å². The van der Waals surface area contributed by atoms with Gasteiger partial charge in [0.2, 0.25) is 0 Å². The molecular formula is C18H17N5S3. The standard InChI is InChI=1S/C18H17N5S3/c1-2-3-8-25-18-13(19)12-14(11-5-4-6-20-10-11)22-15(23-16(12)26-18)17-21-7-9-24-17/h4-7,9-10H,2-3,8,19H2,1H3. The second-order valence-electron chi connectivity index (χ2n) is 5.66. The average Bonchev–Trinajstić information content (AvgIpc) is 3.31. The van der Waals surface area contributed by atoms with E-state index in [0.717, 1.165) is 42.1 Å². The highest BCUT2D eigenvalue weighted by molar-refractivity contribution is 8.01. The van der Waals surface area contributed by atoms with E-state index in [4.69, 9.17) is 15.7 Å². The van der Waals surface area contributed by atoms with Crippen molar-refractivity contribution < 1.29 is 0 Å². The van der Waals surface area contributed by atoms with Gasteiger partial charge in [0.1, 0.15) is 4.83 Å². The number of thiazole rings is 1. The Morgan fingerprint density at radius 1 is 1.23 bits per heavy atom. The van der Waals surface area contributed by atoms with Crippen LogP contribution in [0.2, 0.25) is 0 Å². The van der Waals surface area contributed by atoms with E-state index in [-0.39, 0.29) is 0 Å². The number of nitrogen functional groups attached to an aromatic ring is 1. The van der Waals surface area contributed by atoms with Crippen molar-refractivity contribution in [3.63, 3.8) is 0 Å². The van der Waals surface area contributed by atoms with Crippen LogP contribution in [0.4, 0.5) is 5.69 Å². The van der Waals surface area contributed by atoms with Crippen molar-refractivity contribution in [3.05, 3.63) is 36.1 Å². The SMILES string of the molecule is CCCCSc1sc2nc(-c3nccs3)nc(-c3cccnc3)c2c1N. The molecule has 0 aliphatic rings. The van der Waals surface area contributed by atoms with E-state index in [2.05, 4.69) is 16.9 Å². The summed E-state index contributed by atoms with van der Waals surface area (Å²) in [5, 5.41) is 3.66. The molecule has 2 N–H and O–H groups in total. The Balaban J connectivity index is 1.90. The third-order valence-electron chi connectivity index (χ3n) is 3.84. The first-order valence-corrected chi connectivity index (χ1v) is 11.0. The lowest BCUT2D eigenvalue weighted by molar-refractivity contribution is 0.897. The molecular weight excluding hydrogens is 382 g/mol. The molecule has 8 heteroatoms. The number of nitrogens with two attached hydrogens (primary N) is 1. The van der Waals surface area contributed by atoms with E-state index < -0.39 is 0 Å². The molecule has 4 aromatic rings. The highest BCUT2D eigenvalue weighted by Gasteiger charge is 2.20. The summed E-state index contributed by atoms with van der Waals surface area (Å²) in [7, 11) is 0. The van der Waals surface area contributed by atoms with Crippen LogP contribution in [0.15, 0.2) is 40.3 Å². The van der Waals surface area contributed by atoms with E-state index in [1.165, 1.54) is 24.2 Å². The molecule has 0 amide bonds. The van der Waals surface area contributed by atoms with Gasteiger partial charge in [-0.15, -0.1) is 34.4 Å². The summed E-state index contributed by atoms with van der Waals surface area (Å²) in [6, 6.07) is 3.91. The highest BCUT2D eigenvalue weighted by Crippen LogP contribution is 2.44. The van der Waals surface area contributed by atoms with Gasteiger partial charge in [-0.05, 0) is 24.3 Å². The summed E-state index contributed by atoms with van der Waals surface area (Å²) < 4.78 is 1.11. The Labute approximate surface area is 163 Å². The fourth-order valence-electron chi connectivity index (χ4n) is 2.56. The van der Waals surface area contributed by atoms with Crippen LogP contribution in [0.1, 0.15) is 19.8 Å². The molecule has 0 radical (unpaired) electrons. The molecule has 0 bridgehead atoms. The first-order valence-electron chi connectivity index (χ1n) is 8.31. The first kappa shape index (κ1) is 17.4. The Kier molecular flexibility index (Phi) is 5.14. The van der Waals surface area contributed by atoms with Crippen LogP contribution in [-0.4, -0.2) is 25.7 Å². The van der Waals surface area contributed by atoms with Gasteiger partial charge >= 0.3 is 0 Å². The minimum Gasteiger partial charge on any atom is -0.397 e. The lowest BCUT2D eigenvalue weighted by Gasteiger charge is -2.06. The van der Waals surface area contributed by atoms with Crippen molar-refractivity contribution in [2.45, 2.75) is 24.0 Å². The molecule has 132 valence electrons. The number of hydrogen-bond donors (Lipinski definition) is 1. The summed E-state index contributed by atoms with van der Waals surface area (Å²) in [5.74, 6) is 1.69. The first-order chi connectivity index (χ1) is 12.8. The van der Waals surface area contributed by atoms with Gasteiger partial charge in [0.25, 0.3) is 0 Å². The summed E-state index contributed by atoms with van der Waals surface area (Å²) in [4.78, 5) is 19.1. The van der Waals surface area contributed by atoms with Gasteiger partial charge in [0, 0.05) is 29.5 Å². The molecule has 0 aliphatic carbocycles. The number of aromatic nitrogens is 4. The minimum absolute atomic E-state index is 0.637. The van der Waals surface area contributed by atoms with Crippen LogP contribution in [-0.2, 0) is 0 Å². The molecule has 26 heavy (non-hydrogen) atoms. The average molecular weight is 400 g/mol. The Bertz CT molecular complexity index is 1010. The van der Waals surface area contributed by atoms with Gasteiger partial charge in [0.15, 0.2) is 10.8 Å². The fraction of sp³-hybridized carbons (Fsp3) is 0.222. The Morgan fingerprint density at radius 2 is 2.15 bits per heavy atom. The van der Waals surface area contributed by atoms with E-state index in [1.54, 1.807) is 35.5 Å². The van der Waals surface area contributed by atoms with Gasteiger partial charge in [-0.3, -0.25) is 4.98 Å². The number of thiophene rings is 1. The van der Waals surface area contributed by atoms with Crippen molar-refractivity contribution in [2.75, 3.05) is 11.5 Å². The van der Waals surface area contributed by atoms with Crippen LogP contribution in [0, 0.1) is 0 Å². The molecule has 0 aromatic carbocycles. The van der Waals surface area contributed by atoms with Crippen LogP contribution in [0.25, 0.3) is 32.3 Å². The van der Waals surface area contributed by atoms with Crippen molar-refractivity contribution >= 4 is 50.3 Å². The summed E-state index contributed by atoms with van der Waals surface area (Å²) in [6.07, 6.45) is 7.68. The number of anilines is 1. The number of fused-ring (bicyclic) bond motifs is 1. The largest absolute Gasteiger partial charge is 0.397 e. The summed E-state index contributed by atoms with van der Waals surface area (Å²) >= 11 is 4.97. The number of hydrogen-bond acceptors (Lipinski definition) is 8. The van der Waals surface area contributed by atoms with Crippen molar-refractivity contribution in [3.8, 4) is 22.1 Å². The number of rotatable bonds is 6. The third kappa shape index (κ3) is 3.32. The van der Waals surface area contributed by atoms with Gasteiger partial charge in [-0.1, -0.05) is 13.3 Å². The minimum atomic E-state index is 0.637. The monoisotopic (exact) mass is 399 g/mol. The second-order valence-corrected chi connectivity index (χ2v) is 8.92. The highest BCUT2D eigenvalue weighted by atomic mass is 32.2. The fourth-order valence-corrected chi connectivity index (χ4v) is 5.56. The van der Waals surface area contributed by atoms with Gasteiger partial charge in [0.05, 0.1) is 21.0 Å². The summed E-state index contributed by atoms with van der Waals surface area (Å²) in [5.41, 5.74) is 9.04. The Morgan fingerprint density at radius 3 is 2.88 bits per heavy atom. The number of nitrogens with zero attached hydrogens (tertiary/aromatic N) is 4. The maximum Gasteiger partial charge on any atom is 0.190 e. The quantitative estimate of drug-likeness (QED) is 0.348. The smallest absolute Gasteiger partial charge is 0.190 e. The zero-order valence-corrected chi connectivity index (χ0v) is 16.6. The zero-order chi connectivity index (χ0) is 17.9. The molecule has 0 spiro atoms. The molecule has 0 saturated carbocycles. The van der Waals surface area contributed by atoms with Crippen molar-refractivity contribution in [1.82, 2.24) is 19.9 Å². The lowest BCUT2D eigenvalue weighted by atomic mass is 10.1. The summed E-state index contributed by atoms with van der Waals surface area (Å²) in [6.45, 7) is 2.20. The van der Waals surface area contributed by atoms with E-state index in [1.807, 2.05) is 23.7 Å². The third-order valence-corrected chi connectivity index (χ3v) is 7.09. The van der Waals surface area contributed by atoms with E-state index in [9.17, 15) is 0 Å². The van der Waals surface area contributed by atoms with Gasteiger partial charge in [-0.2, -0.15) is 0 Å². The zero-order valence-electron chi connectivity index (χ0n) is 14.2. The molecule has 0 fully saturated rings. The normalized spacial score (nSPS) is 11.3. The van der Waals surface area contributed by atoms with Crippen LogP contribution in [0.5, 0.6) is 0 Å². The number of pyridine rings is 1. The molecule has 4 aromatic heterocycles. The predicted octanol–water partition coefficient (Wildman–Crippen LogP) is 5.35. The van der Waals surface area contributed by atoms with Gasteiger partial charge in [-0.25, -0.2) is 15.0 Å². The van der Waals surface area contributed by atoms with Crippen LogP contribution >= 0.6 is 34.4 Å². The molecule has 4 rings (SSSR count). The number of thioether (sulfide) groups is 1. The van der Waals surface area contributed by atoms with E-state index in [0.29, 0.717) is 5.82 Å². The Hall–Kier alpha value is -2.03. The van der Waals surface area contributed by atoms with Crippen molar-refractivity contribution in [2.24, 2.45) is 0 Å². The van der Waals surface area contributed by atoms with Crippen molar-refractivity contribution in [1.29, 1.82) is 0 Å². The lowest BCUT2D eigenvalue weighted by Crippen LogP contribution is -1.95. The number of unbranched alkanes of at least 4 members (excludes halogenated alkanes) is 1. The molecule has 0 atom stereocenters. The maximum absolute atomic E-state index is 6.50. The van der Waals surface area contributed by atoms with Crippen LogP contribution in [0.3, 0.4) is 0 Å². The molecule has 0 aliphatic heterocycles.